The quantitative estimate of drug-likeness (QED) is 0.721. The van der Waals surface area contributed by atoms with Crippen molar-refractivity contribution < 1.29 is 9.59 Å². The van der Waals surface area contributed by atoms with E-state index in [0.29, 0.717) is 6.54 Å². The first-order chi connectivity index (χ1) is 8.32. The van der Waals surface area contributed by atoms with E-state index >= 15 is 0 Å². The molecule has 0 unspecified atom stereocenters. The van der Waals surface area contributed by atoms with Crippen molar-refractivity contribution in [1.29, 1.82) is 0 Å². The Morgan fingerprint density at radius 3 is 2.21 bits per heavy atom. The van der Waals surface area contributed by atoms with Gasteiger partial charge in [0.1, 0.15) is 0 Å². The lowest BCUT2D eigenvalue weighted by atomic mass is 9.81. The van der Waals surface area contributed by atoms with Crippen LogP contribution in [0.15, 0.2) is 0 Å². The molecule has 0 aromatic rings. The summed E-state index contributed by atoms with van der Waals surface area (Å²) in [5.74, 6) is -0.211. The number of nitrogens with one attached hydrogen (secondary N) is 2. The molecule has 1 saturated carbocycles. The average molecular weight is 292 g/mol. The largest absolute Gasteiger partial charge is 0.359 e. The molecule has 0 aliphatic heterocycles. The highest BCUT2D eigenvalue weighted by Gasteiger charge is 2.36. The van der Waals surface area contributed by atoms with E-state index in [1.807, 2.05) is 0 Å². The second-order valence-corrected chi connectivity index (χ2v) is 5.86. The van der Waals surface area contributed by atoms with Crippen LogP contribution in [0.4, 0.5) is 0 Å². The molecular weight excluding hydrogens is 266 g/mol. The van der Waals surface area contributed by atoms with Gasteiger partial charge in [-0.15, -0.1) is 12.4 Å². The lowest BCUT2D eigenvalue weighted by molar-refractivity contribution is -0.131. The van der Waals surface area contributed by atoms with Crippen molar-refractivity contribution in [3.8, 4) is 0 Å². The highest BCUT2D eigenvalue weighted by atomic mass is 35.5. The van der Waals surface area contributed by atoms with Gasteiger partial charge in [0.05, 0.1) is 11.0 Å². The Balaban J connectivity index is 0.00000324. The number of amides is 2. The minimum atomic E-state index is -0.739. The van der Waals surface area contributed by atoms with Crippen LogP contribution in [-0.4, -0.2) is 30.9 Å². The molecule has 1 fully saturated rings. The molecule has 0 saturated heterocycles. The number of halogens is 1. The van der Waals surface area contributed by atoms with Gasteiger partial charge >= 0.3 is 0 Å². The van der Waals surface area contributed by atoms with Gasteiger partial charge in [0.25, 0.3) is 0 Å². The molecule has 19 heavy (non-hydrogen) atoms. The molecule has 112 valence electrons. The van der Waals surface area contributed by atoms with E-state index in [4.69, 9.17) is 5.73 Å². The van der Waals surface area contributed by atoms with Gasteiger partial charge in [-0.05, 0) is 26.7 Å². The highest BCUT2D eigenvalue weighted by Crippen LogP contribution is 2.26. The topological polar surface area (TPSA) is 84.2 Å². The zero-order valence-corrected chi connectivity index (χ0v) is 12.9. The molecule has 1 rings (SSSR count). The monoisotopic (exact) mass is 291 g/mol. The van der Waals surface area contributed by atoms with E-state index in [2.05, 4.69) is 10.6 Å². The molecule has 0 aromatic carbocycles. The molecule has 2 amide bonds. The van der Waals surface area contributed by atoms with E-state index in [-0.39, 0.29) is 24.2 Å². The average Bonchev–Trinajstić information content (AvgIpc) is 2.35. The number of nitrogens with two attached hydrogens (primary N) is 1. The first kappa shape index (κ1) is 18.2. The van der Waals surface area contributed by atoms with Gasteiger partial charge in [0.15, 0.2) is 0 Å². The van der Waals surface area contributed by atoms with E-state index in [1.165, 1.54) is 0 Å². The van der Waals surface area contributed by atoms with Gasteiger partial charge in [0, 0.05) is 13.6 Å². The Kier molecular flexibility index (Phi) is 6.80. The van der Waals surface area contributed by atoms with Crippen molar-refractivity contribution >= 4 is 24.2 Å². The number of hydrogen-bond donors (Lipinski definition) is 3. The Hall–Kier alpha value is -0.810. The SMILES string of the molecule is CNC(=O)C(C)(C)CNC(=O)C1(N)CCCCC1.Cl. The standard InChI is InChI=1S/C13H25N3O2.ClH/c1-12(2,10(17)15-3)9-16-11(18)13(14)7-5-4-6-8-13;/h4-9,14H2,1-3H3,(H,15,17)(H,16,18);1H. The maximum atomic E-state index is 12.1. The van der Waals surface area contributed by atoms with Crippen LogP contribution in [0.3, 0.4) is 0 Å². The Morgan fingerprint density at radius 1 is 1.21 bits per heavy atom. The summed E-state index contributed by atoms with van der Waals surface area (Å²) in [6.07, 6.45) is 4.62. The van der Waals surface area contributed by atoms with Crippen LogP contribution in [-0.2, 0) is 9.59 Å². The molecular formula is C13H26ClN3O2. The molecule has 0 heterocycles. The second-order valence-electron chi connectivity index (χ2n) is 5.86. The fourth-order valence-corrected chi connectivity index (χ4v) is 2.31. The maximum Gasteiger partial charge on any atom is 0.240 e. The fraction of sp³-hybridized carbons (Fsp3) is 0.846. The van der Waals surface area contributed by atoms with Gasteiger partial charge < -0.3 is 16.4 Å². The van der Waals surface area contributed by atoms with Gasteiger partial charge in [-0.2, -0.15) is 0 Å². The molecule has 0 bridgehead atoms. The van der Waals surface area contributed by atoms with Crippen LogP contribution in [0.2, 0.25) is 0 Å². The van der Waals surface area contributed by atoms with Crippen molar-refractivity contribution in [3.63, 3.8) is 0 Å². The van der Waals surface area contributed by atoms with Crippen LogP contribution in [0.25, 0.3) is 0 Å². The van der Waals surface area contributed by atoms with Gasteiger partial charge in [-0.25, -0.2) is 0 Å². The van der Waals surface area contributed by atoms with Gasteiger partial charge in [0.2, 0.25) is 11.8 Å². The van der Waals surface area contributed by atoms with Crippen LogP contribution < -0.4 is 16.4 Å². The third kappa shape index (κ3) is 4.66. The number of carbonyl (C=O) groups excluding carboxylic acids is 2. The van der Waals surface area contributed by atoms with Crippen molar-refractivity contribution in [2.24, 2.45) is 11.1 Å². The summed E-state index contributed by atoms with van der Waals surface area (Å²) < 4.78 is 0. The van der Waals surface area contributed by atoms with Gasteiger partial charge in [-0.1, -0.05) is 19.3 Å². The summed E-state index contributed by atoms with van der Waals surface area (Å²) in [7, 11) is 1.59. The molecule has 5 nitrogen and oxygen atoms in total. The predicted octanol–water partition coefficient (Wildman–Crippen LogP) is 0.958. The van der Waals surface area contributed by atoms with Crippen LogP contribution in [0.1, 0.15) is 46.0 Å². The fourth-order valence-electron chi connectivity index (χ4n) is 2.31. The molecule has 1 aliphatic rings. The normalized spacial score (nSPS) is 18.1. The smallest absolute Gasteiger partial charge is 0.240 e. The molecule has 0 radical (unpaired) electrons. The molecule has 0 atom stereocenters. The highest BCUT2D eigenvalue weighted by molar-refractivity contribution is 5.87. The summed E-state index contributed by atoms with van der Waals surface area (Å²) in [6, 6.07) is 0. The summed E-state index contributed by atoms with van der Waals surface area (Å²) in [5, 5.41) is 5.42. The number of carbonyl (C=O) groups is 2. The van der Waals surface area contributed by atoms with Crippen LogP contribution >= 0.6 is 12.4 Å². The molecule has 4 N–H and O–H groups in total. The Morgan fingerprint density at radius 2 is 1.74 bits per heavy atom. The van der Waals surface area contributed by atoms with E-state index in [9.17, 15) is 9.59 Å². The number of hydrogen-bond acceptors (Lipinski definition) is 3. The van der Waals surface area contributed by atoms with Crippen molar-refractivity contribution in [2.75, 3.05) is 13.6 Å². The first-order valence-corrected chi connectivity index (χ1v) is 6.61. The van der Waals surface area contributed by atoms with E-state index in [0.717, 1.165) is 32.1 Å². The van der Waals surface area contributed by atoms with Crippen molar-refractivity contribution in [2.45, 2.75) is 51.5 Å². The van der Waals surface area contributed by atoms with E-state index in [1.54, 1.807) is 20.9 Å². The first-order valence-electron chi connectivity index (χ1n) is 6.61. The Labute approximate surface area is 121 Å². The summed E-state index contributed by atoms with van der Waals surface area (Å²) in [4.78, 5) is 23.7. The van der Waals surface area contributed by atoms with E-state index < -0.39 is 11.0 Å². The summed E-state index contributed by atoms with van der Waals surface area (Å²) >= 11 is 0. The zero-order chi connectivity index (χ0) is 13.8. The van der Waals surface area contributed by atoms with Crippen LogP contribution in [0, 0.1) is 5.41 Å². The van der Waals surface area contributed by atoms with Crippen LogP contribution in [0.5, 0.6) is 0 Å². The minimum Gasteiger partial charge on any atom is -0.359 e. The second kappa shape index (κ2) is 7.10. The lowest BCUT2D eigenvalue weighted by Gasteiger charge is -2.33. The minimum absolute atomic E-state index is 0. The Bertz CT molecular complexity index is 326. The third-order valence-electron chi connectivity index (χ3n) is 3.73. The third-order valence-corrected chi connectivity index (χ3v) is 3.73. The lowest BCUT2D eigenvalue weighted by Crippen LogP contribution is -2.57. The molecule has 0 aromatic heterocycles. The van der Waals surface area contributed by atoms with Crippen molar-refractivity contribution in [1.82, 2.24) is 10.6 Å². The number of rotatable bonds is 4. The molecule has 6 heteroatoms. The zero-order valence-electron chi connectivity index (χ0n) is 12.0. The van der Waals surface area contributed by atoms with Gasteiger partial charge in [-0.3, -0.25) is 9.59 Å². The maximum absolute atomic E-state index is 12.1. The van der Waals surface area contributed by atoms with Crippen molar-refractivity contribution in [3.05, 3.63) is 0 Å². The summed E-state index contributed by atoms with van der Waals surface area (Å²) in [5.41, 5.74) is 4.77. The summed E-state index contributed by atoms with van der Waals surface area (Å²) in [6.45, 7) is 3.91. The molecule has 0 spiro atoms. The predicted molar refractivity (Wildman–Crippen MR) is 78.1 cm³/mol. The molecule has 1 aliphatic carbocycles.